The lowest BCUT2D eigenvalue weighted by molar-refractivity contribution is -0.612. The zero-order valence-corrected chi connectivity index (χ0v) is 20.3. The van der Waals surface area contributed by atoms with Gasteiger partial charge < -0.3 is 15.8 Å². The highest BCUT2D eigenvalue weighted by atomic mass is 32.1. The Morgan fingerprint density at radius 2 is 2.03 bits per heavy atom. The molecule has 0 bridgehead atoms. The van der Waals surface area contributed by atoms with Crippen LogP contribution >= 0.6 is 11.3 Å². The van der Waals surface area contributed by atoms with Crippen LogP contribution in [-0.2, 0) is 6.54 Å². The quantitative estimate of drug-likeness (QED) is 0.304. The first-order valence-corrected chi connectivity index (χ1v) is 12.6. The molecular formula is C26H29N5O2S. The molecule has 0 aliphatic heterocycles. The molecule has 0 aromatic carbocycles. The number of aromatic nitrogens is 3. The minimum atomic E-state index is -0.186. The van der Waals surface area contributed by atoms with Crippen molar-refractivity contribution in [3.05, 3.63) is 75.8 Å². The molecule has 8 heteroatoms. The van der Waals surface area contributed by atoms with Crippen LogP contribution in [0.1, 0.15) is 58.6 Å². The van der Waals surface area contributed by atoms with Crippen LogP contribution in [0.25, 0.3) is 16.2 Å². The molecule has 34 heavy (non-hydrogen) atoms. The molecule has 4 heterocycles. The fourth-order valence-electron chi connectivity index (χ4n) is 4.52. The zero-order valence-electron chi connectivity index (χ0n) is 19.5. The van der Waals surface area contributed by atoms with E-state index in [1.165, 1.54) is 30.3 Å². The van der Waals surface area contributed by atoms with E-state index < -0.39 is 0 Å². The Labute approximate surface area is 203 Å². The van der Waals surface area contributed by atoms with E-state index >= 15 is 0 Å². The van der Waals surface area contributed by atoms with E-state index in [9.17, 15) is 10.0 Å². The van der Waals surface area contributed by atoms with Crippen LogP contribution in [0.3, 0.4) is 0 Å². The van der Waals surface area contributed by atoms with Crippen LogP contribution in [0.5, 0.6) is 0 Å². The van der Waals surface area contributed by atoms with E-state index in [4.69, 9.17) is 4.98 Å². The van der Waals surface area contributed by atoms with Gasteiger partial charge in [0.2, 0.25) is 0 Å². The van der Waals surface area contributed by atoms with E-state index in [2.05, 4.69) is 29.7 Å². The summed E-state index contributed by atoms with van der Waals surface area (Å²) in [7, 11) is 0. The Bertz CT molecular complexity index is 1340. The molecular weight excluding hydrogens is 446 g/mol. The van der Waals surface area contributed by atoms with Gasteiger partial charge in [0.1, 0.15) is 0 Å². The van der Waals surface area contributed by atoms with E-state index in [-0.39, 0.29) is 12.5 Å². The average molecular weight is 476 g/mol. The molecule has 7 nitrogen and oxygen atoms in total. The maximum absolute atomic E-state index is 13.2. The summed E-state index contributed by atoms with van der Waals surface area (Å²) in [6, 6.07) is 10.1. The number of anilines is 1. The molecule has 1 amide bonds. The van der Waals surface area contributed by atoms with Gasteiger partial charge in [0.25, 0.3) is 5.91 Å². The number of hydrogen-bond acceptors (Lipinski definition) is 5. The zero-order chi connectivity index (χ0) is 23.7. The molecule has 176 valence electrons. The van der Waals surface area contributed by atoms with Crippen LogP contribution in [-0.4, -0.2) is 21.3 Å². The summed E-state index contributed by atoms with van der Waals surface area (Å²) in [4.78, 5) is 20.2. The first-order valence-electron chi connectivity index (χ1n) is 11.8. The highest BCUT2D eigenvalue weighted by Gasteiger charge is 2.19. The number of amides is 1. The van der Waals surface area contributed by atoms with Crippen molar-refractivity contribution in [2.75, 3.05) is 5.32 Å². The van der Waals surface area contributed by atoms with Crippen LogP contribution in [0.15, 0.2) is 48.9 Å². The highest BCUT2D eigenvalue weighted by molar-refractivity contribution is 7.15. The lowest BCUT2D eigenvalue weighted by atomic mass is 9.95. The van der Waals surface area contributed by atoms with Gasteiger partial charge in [-0.2, -0.15) is 4.73 Å². The van der Waals surface area contributed by atoms with Crippen LogP contribution in [0.4, 0.5) is 5.69 Å². The summed E-state index contributed by atoms with van der Waals surface area (Å²) in [5.74, 6) is -0.186. The molecule has 4 aromatic heterocycles. The SMILES string of the molecule is Cc1ccc(-c2cnc3c(NC4CCCCC4)cc(C(=O)NCc4ccc(C)[n+]([O-])c4)cn23)s1. The summed E-state index contributed by atoms with van der Waals surface area (Å²) in [5, 5.41) is 18.5. The maximum atomic E-state index is 13.2. The van der Waals surface area contributed by atoms with Crippen molar-refractivity contribution in [1.29, 1.82) is 0 Å². The number of nitrogens with one attached hydrogen (secondary N) is 2. The fourth-order valence-corrected chi connectivity index (χ4v) is 5.40. The number of nitrogens with zero attached hydrogens (tertiary/aromatic N) is 3. The van der Waals surface area contributed by atoms with Gasteiger partial charge in [-0.15, -0.1) is 11.3 Å². The molecule has 1 aliphatic carbocycles. The van der Waals surface area contributed by atoms with Crippen LogP contribution in [0.2, 0.25) is 0 Å². The van der Waals surface area contributed by atoms with E-state index in [0.29, 0.717) is 17.3 Å². The lowest BCUT2D eigenvalue weighted by Gasteiger charge is -2.24. The Kier molecular flexibility index (Phi) is 6.24. The van der Waals surface area contributed by atoms with E-state index in [1.807, 2.05) is 28.9 Å². The molecule has 0 radical (unpaired) electrons. The Balaban J connectivity index is 1.48. The van der Waals surface area contributed by atoms with Crippen molar-refractivity contribution < 1.29 is 9.52 Å². The molecule has 1 fully saturated rings. The fraction of sp³-hybridized carbons (Fsp3) is 0.346. The Morgan fingerprint density at radius 1 is 1.21 bits per heavy atom. The second-order valence-corrected chi connectivity index (χ2v) is 10.3. The van der Waals surface area contributed by atoms with Crippen molar-refractivity contribution >= 4 is 28.6 Å². The summed E-state index contributed by atoms with van der Waals surface area (Å²) in [5.41, 5.74) is 4.62. The maximum Gasteiger partial charge on any atom is 0.253 e. The third-order valence-electron chi connectivity index (χ3n) is 6.45. The molecule has 0 atom stereocenters. The number of rotatable bonds is 6. The second-order valence-electron chi connectivity index (χ2n) is 9.06. The van der Waals surface area contributed by atoms with E-state index in [1.54, 1.807) is 24.3 Å². The number of pyridine rings is 2. The molecule has 0 unspecified atom stereocenters. The van der Waals surface area contributed by atoms with Gasteiger partial charge in [0.15, 0.2) is 17.5 Å². The average Bonchev–Trinajstić information content (AvgIpc) is 3.46. The minimum Gasteiger partial charge on any atom is -0.619 e. The number of fused-ring (bicyclic) bond motifs is 1. The first kappa shape index (κ1) is 22.4. The van der Waals surface area contributed by atoms with Gasteiger partial charge in [0.05, 0.1) is 28.0 Å². The van der Waals surface area contributed by atoms with Gasteiger partial charge >= 0.3 is 0 Å². The molecule has 0 saturated heterocycles. The molecule has 5 rings (SSSR count). The van der Waals surface area contributed by atoms with Gasteiger partial charge in [-0.1, -0.05) is 19.3 Å². The van der Waals surface area contributed by atoms with Gasteiger partial charge in [0, 0.05) is 42.2 Å². The summed E-state index contributed by atoms with van der Waals surface area (Å²) in [6.45, 7) is 4.12. The smallest absolute Gasteiger partial charge is 0.253 e. The normalized spacial score (nSPS) is 14.4. The number of thiophene rings is 1. The van der Waals surface area contributed by atoms with Crippen LogP contribution < -0.4 is 15.4 Å². The minimum absolute atomic E-state index is 0.186. The van der Waals surface area contributed by atoms with Gasteiger partial charge in [-0.05, 0) is 44.0 Å². The topological polar surface area (TPSA) is 85.4 Å². The molecule has 0 spiro atoms. The summed E-state index contributed by atoms with van der Waals surface area (Å²) >= 11 is 1.71. The van der Waals surface area contributed by atoms with Crippen molar-refractivity contribution in [3.63, 3.8) is 0 Å². The van der Waals surface area contributed by atoms with Crippen molar-refractivity contribution in [3.8, 4) is 10.6 Å². The molecule has 4 aromatic rings. The van der Waals surface area contributed by atoms with Gasteiger partial charge in [-0.3, -0.25) is 9.20 Å². The van der Waals surface area contributed by atoms with Gasteiger partial charge in [-0.25, -0.2) is 4.98 Å². The third kappa shape index (κ3) is 4.63. The van der Waals surface area contributed by atoms with Crippen molar-refractivity contribution in [1.82, 2.24) is 14.7 Å². The summed E-state index contributed by atoms with van der Waals surface area (Å²) in [6.07, 6.45) is 11.2. The first-order chi connectivity index (χ1) is 16.5. The molecule has 1 saturated carbocycles. The largest absolute Gasteiger partial charge is 0.619 e. The van der Waals surface area contributed by atoms with Crippen LogP contribution in [0, 0.1) is 19.1 Å². The number of imidazole rings is 1. The monoisotopic (exact) mass is 475 g/mol. The standard InChI is InChI=1S/C26H29N5O2S/c1-17-8-10-19(15-31(17)33)13-28-26(32)20-12-22(29-21-6-4-3-5-7-21)25-27-14-23(30(25)16-20)24-11-9-18(2)34-24/h8-12,14-16,21,29H,3-7,13H2,1-2H3,(H,28,32). The molecule has 1 aliphatic rings. The number of carbonyl (C=O) groups is 1. The number of hydrogen-bond donors (Lipinski definition) is 2. The van der Waals surface area contributed by atoms with Crippen molar-refractivity contribution in [2.24, 2.45) is 0 Å². The molecule has 2 N–H and O–H groups in total. The predicted molar refractivity (Wildman–Crippen MR) is 135 cm³/mol. The van der Waals surface area contributed by atoms with E-state index in [0.717, 1.165) is 45.0 Å². The van der Waals surface area contributed by atoms with Crippen molar-refractivity contribution in [2.45, 2.75) is 58.5 Å². The Morgan fingerprint density at radius 3 is 2.76 bits per heavy atom. The number of carbonyl (C=O) groups excluding carboxylic acids is 1. The highest BCUT2D eigenvalue weighted by Crippen LogP contribution is 2.32. The number of aryl methyl sites for hydroxylation is 2. The second kappa shape index (κ2) is 9.46. The summed E-state index contributed by atoms with van der Waals surface area (Å²) < 4.78 is 2.84. The lowest BCUT2D eigenvalue weighted by Crippen LogP contribution is -2.31. The predicted octanol–water partition coefficient (Wildman–Crippen LogP) is 4.99. The Hall–Kier alpha value is -3.39. The third-order valence-corrected chi connectivity index (χ3v) is 7.47.